The van der Waals surface area contributed by atoms with Crippen molar-refractivity contribution in [1.29, 1.82) is 0 Å². The molecule has 8 nitrogen and oxygen atoms in total. The Morgan fingerprint density at radius 1 is 0.633 bits per heavy atom. The van der Waals surface area contributed by atoms with E-state index < -0.39 is 20.0 Å². The molecular weight excluding hydrogens is 424 g/mol. The van der Waals surface area contributed by atoms with E-state index in [2.05, 4.69) is 9.88 Å². The van der Waals surface area contributed by atoms with Crippen molar-refractivity contribution in [3.05, 3.63) is 48.7 Å². The maximum atomic E-state index is 13.0. The number of hydrogen-bond donors (Lipinski definition) is 0. The SMILES string of the molecule is O=S(=O)(c1ccc(S(=O)(=O)N2CCN(c3ccccn3)CC2)cc1)N1CCCCC1. The Kier molecular flexibility index (Phi) is 6.10. The summed E-state index contributed by atoms with van der Waals surface area (Å²) in [6.07, 6.45) is 4.47. The lowest BCUT2D eigenvalue weighted by Crippen LogP contribution is -2.48. The summed E-state index contributed by atoms with van der Waals surface area (Å²) < 4.78 is 54.5. The average Bonchev–Trinajstić information content (AvgIpc) is 2.80. The predicted molar refractivity (Wildman–Crippen MR) is 114 cm³/mol. The molecule has 162 valence electrons. The van der Waals surface area contributed by atoms with Crippen LogP contribution in [0.5, 0.6) is 0 Å². The van der Waals surface area contributed by atoms with Crippen molar-refractivity contribution in [3.8, 4) is 0 Å². The van der Waals surface area contributed by atoms with Gasteiger partial charge in [0.25, 0.3) is 0 Å². The van der Waals surface area contributed by atoms with Crippen LogP contribution in [-0.2, 0) is 20.0 Å². The number of pyridine rings is 1. The molecular formula is C20H26N4O4S2. The van der Waals surface area contributed by atoms with Crippen molar-refractivity contribution in [2.45, 2.75) is 29.1 Å². The van der Waals surface area contributed by atoms with Gasteiger partial charge in [-0.1, -0.05) is 12.5 Å². The van der Waals surface area contributed by atoms with Crippen LogP contribution >= 0.6 is 0 Å². The Hall–Kier alpha value is -2.01. The Morgan fingerprint density at radius 2 is 1.17 bits per heavy atom. The molecule has 0 saturated carbocycles. The standard InChI is InChI=1S/C20H26N4O4S2/c25-29(26,23-12-4-1-5-13-23)18-7-9-19(10-8-18)30(27,28)24-16-14-22(15-17-24)20-6-2-3-11-21-20/h2-3,6-11H,1,4-5,12-17H2. The Bertz CT molecular complexity index is 1060. The van der Waals surface area contributed by atoms with Gasteiger partial charge in [0.1, 0.15) is 5.82 Å². The normalized spacial score (nSPS) is 19.7. The van der Waals surface area contributed by atoms with Crippen LogP contribution in [0.15, 0.2) is 58.5 Å². The first kappa shape index (κ1) is 21.2. The first-order valence-corrected chi connectivity index (χ1v) is 13.0. The van der Waals surface area contributed by atoms with Crippen molar-refractivity contribution in [3.63, 3.8) is 0 Å². The molecule has 2 aliphatic heterocycles. The third-order valence-corrected chi connectivity index (χ3v) is 9.45. The molecule has 2 aliphatic rings. The molecule has 0 spiro atoms. The number of piperidine rings is 1. The first-order valence-electron chi connectivity index (χ1n) is 10.2. The van der Waals surface area contributed by atoms with E-state index in [9.17, 15) is 16.8 Å². The lowest BCUT2D eigenvalue weighted by atomic mass is 10.2. The van der Waals surface area contributed by atoms with Gasteiger partial charge in [-0.05, 0) is 49.2 Å². The van der Waals surface area contributed by atoms with E-state index in [1.807, 2.05) is 18.2 Å². The average molecular weight is 451 g/mol. The summed E-state index contributed by atoms with van der Waals surface area (Å²) in [6, 6.07) is 11.3. The maximum Gasteiger partial charge on any atom is 0.243 e. The van der Waals surface area contributed by atoms with Gasteiger partial charge in [-0.2, -0.15) is 8.61 Å². The van der Waals surface area contributed by atoms with Gasteiger partial charge in [-0.15, -0.1) is 0 Å². The van der Waals surface area contributed by atoms with Crippen LogP contribution < -0.4 is 4.90 Å². The molecule has 2 aromatic rings. The fraction of sp³-hybridized carbons (Fsp3) is 0.450. The summed E-state index contributed by atoms with van der Waals surface area (Å²) in [5, 5.41) is 0. The molecule has 10 heteroatoms. The molecule has 0 radical (unpaired) electrons. The molecule has 0 bridgehead atoms. The van der Waals surface area contributed by atoms with Crippen LogP contribution in [0.2, 0.25) is 0 Å². The number of nitrogens with zero attached hydrogens (tertiary/aromatic N) is 4. The van der Waals surface area contributed by atoms with E-state index in [1.165, 1.54) is 32.9 Å². The number of benzene rings is 1. The Labute approximate surface area is 178 Å². The molecule has 0 atom stereocenters. The fourth-order valence-electron chi connectivity index (χ4n) is 3.89. The summed E-state index contributed by atoms with van der Waals surface area (Å²) in [5.74, 6) is 0.835. The molecule has 1 aromatic heterocycles. The molecule has 30 heavy (non-hydrogen) atoms. The van der Waals surface area contributed by atoms with E-state index in [4.69, 9.17) is 0 Å². The van der Waals surface area contributed by atoms with Crippen LogP contribution in [0.3, 0.4) is 0 Å². The minimum absolute atomic E-state index is 0.117. The zero-order valence-electron chi connectivity index (χ0n) is 16.7. The monoisotopic (exact) mass is 450 g/mol. The zero-order chi connectivity index (χ0) is 21.2. The highest BCUT2D eigenvalue weighted by Gasteiger charge is 2.30. The number of rotatable bonds is 5. The number of anilines is 1. The van der Waals surface area contributed by atoms with Crippen molar-refractivity contribution in [1.82, 2.24) is 13.6 Å². The second kappa shape index (κ2) is 8.62. The Morgan fingerprint density at radius 3 is 1.67 bits per heavy atom. The van der Waals surface area contributed by atoms with Crippen molar-refractivity contribution >= 4 is 25.9 Å². The van der Waals surface area contributed by atoms with Crippen molar-refractivity contribution < 1.29 is 16.8 Å². The van der Waals surface area contributed by atoms with Gasteiger partial charge < -0.3 is 4.90 Å². The predicted octanol–water partition coefficient (Wildman–Crippen LogP) is 1.77. The Balaban J connectivity index is 1.46. The number of sulfonamides is 2. The van der Waals surface area contributed by atoms with E-state index in [0.717, 1.165) is 25.1 Å². The number of piperazine rings is 1. The van der Waals surface area contributed by atoms with E-state index >= 15 is 0 Å². The van der Waals surface area contributed by atoms with E-state index in [0.29, 0.717) is 39.3 Å². The second-order valence-electron chi connectivity index (χ2n) is 7.52. The number of hydrogen-bond acceptors (Lipinski definition) is 6. The fourth-order valence-corrected chi connectivity index (χ4v) is 6.82. The van der Waals surface area contributed by atoms with Crippen LogP contribution in [-0.4, -0.2) is 69.7 Å². The zero-order valence-corrected chi connectivity index (χ0v) is 18.4. The highest BCUT2D eigenvalue weighted by atomic mass is 32.2. The van der Waals surface area contributed by atoms with E-state index in [1.54, 1.807) is 6.20 Å². The molecule has 0 N–H and O–H groups in total. The summed E-state index contributed by atoms with van der Waals surface area (Å²) in [6.45, 7) is 2.85. The van der Waals surface area contributed by atoms with Crippen molar-refractivity contribution in [2.75, 3.05) is 44.2 Å². The molecule has 1 aromatic carbocycles. The van der Waals surface area contributed by atoms with Gasteiger partial charge in [0.05, 0.1) is 9.79 Å². The minimum atomic E-state index is -3.68. The summed E-state index contributed by atoms with van der Waals surface area (Å²) in [5.41, 5.74) is 0. The smallest absolute Gasteiger partial charge is 0.243 e. The molecule has 4 rings (SSSR count). The van der Waals surface area contributed by atoms with Gasteiger partial charge >= 0.3 is 0 Å². The van der Waals surface area contributed by atoms with Crippen LogP contribution in [0, 0.1) is 0 Å². The quantitative estimate of drug-likeness (QED) is 0.690. The van der Waals surface area contributed by atoms with Crippen LogP contribution in [0.1, 0.15) is 19.3 Å². The third-order valence-electron chi connectivity index (χ3n) is 5.63. The maximum absolute atomic E-state index is 13.0. The summed E-state index contributed by atoms with van der Waals surface area (Å²) in [4.78, 5) is 6.63. The summed E-state index contributed by atoms with van der Waals surface area (Å²) >= 11 is 0. The highest BCUT2D eigenvalue weighted by Crippen LogP contribution is 2.24. The highest BCUT2D eigenvalue weighted by molar-refractivity contribution is 7.89. The molecule has 2 fully saturated rings. The molecule has 0 unspecified atom stereocenters. The van der Waals surface area contributed by atoms with Crippen molar-refractivity contribution in [2.24, 2.45) is 0 Å². The topological polar surface area (TPSA) is 90.9 Å². The van der Waals surface area contributed by atoms with Crippen LogP contribution in [0.4, 0.5) is 5.82 Å². The van der Waals surface area contributed by atoms with Gasteiger partial charge in [0, 0.05) is 45.5 Å². The first-order chi connectivity index (χ1) is 14.4. The van der Waals surface area contributed by atoms with Gasteiger partial charge in [0.2, 0.25) is 20.0 Å². The van der Waals surface area contributed by atoms with Gasteiger partial charge in [-0.25, -0.2) is 21.8 Å². The van der Waals surface area contributed by atoms with Gasteiger partial charge in [-0.3, -0.25) is 0 Å². The van der Waals surface area contributed by atoms with Crippen LogP contribution in [0.25, 0.3) is 0 Å². The third kappa shape index (κ3) is 4.22. The largest absolute Gasteiger partial charge is 0.354 e. The molecule has 2 saturated heterocycles. The number of aromatic nitrogens is 1. The molecule has 0 amide bonds. The molecule has 0 aliphatic carbocycles. The minimum Gasteiger partial charge on any atom is -0.354 e. The lowest BCUT2D eigenvalue weighted by molar-refractivity contribution is 0.346. The lowest BCUT2D eigenvalue weighted by Gasteiger charge is -2.34. The van der Waals surface area contributed by atoms with Gasteiger partial charge in [0.15, 0.2) is 0 Å². The summed E-state index contributed by atoms with van der Waals surface area (Å²) in [7, 11) is -7.25. The second-order valence-corrected chi connectivity index (χ2v) is 11.4. The van der Waals surface area contributed by atoms with E-state index in [-0.39, 0.29) is 9.79 Å². The molecule has 3 heterocycles.